The van der Waals surface area contributed by atoms with Crippen molar-refractivity contribution in [3.8, 4) is 5.75 Å². The Bertz CT molecular complexity index is 583. The molecule has 0 saturated heterocycles. The number of hydrogen-bond acceptors (Lipinski definition) is 4. The van der Waals surface area contributed by atoms with Gasteiger partial charge in [0, 0.05) is 18.1 Å². The second kappa shape index (κ2) is 6.59. The average Bonchev–Trinajstić information content (AvgIpc) is 2.31. The molecule has 0 saturated carbocycles. The lowest BCUT2D eigenvalue weighted by atomic mass is 10.0. The summed E-state index contributed by atoms with van der Waals surface area (Å²) < 4.78 is 31.3. The molecule has 0 radical (unpaired) electrons. The lowest BCUT2D eigenvalue weighted by Gasteiger charge is -2.22. The number of hydrogen-bond donors (Lipinski definition) is 3. The third kappa shape index (κ3) is 5.19. The molecule has 8 heteroatoms. The Morgan fingerprint density at radius 2 is 1.91 bits per heavy atom. The Hall–Kier alpha value is -2.38. The Labute approximate surface area is 125 Å². The van der Waals surface area contributed by atoms with Crippen molar-refractivity contribution in [1.82, 2.24) is 5.32 Å². The van der Waals surface area contributed by atoms with Crippen LogP contribution in [0.4, 0.5) is 13.6 Å². The normalized spacial score (nSPS) is 12.6. The van der Waals surface area contributed by atoms with Crippen LogP contribution in [0.15, 0.2) is 12.1 Å². The van der Waals surface area contributed by atoms with Gasteiger partial charge in [-0.05, 0) is 26.8 Å². The van der Waals surface area contributed by atoms with Crippen LogP contribution >= 0.6 is 0 Å². The van der Waals surface area contributed by atoms with Crippen LogP contribution < -0.4 is 5.32 Å². The van der Waals surface area contributed by atoms with Crippen LogP contribution in [0, 0.1) is 11.6 Å². The number of alkyl carbamates (subject to hydrolysis) is 1. The highest BCUT2D eigenvalue weighted by Gasteiger charge is 2.26. The number of aromatic hydroxyl groups is 1. The Balaban J connectivity index is 2.90. The molecule has 3 N–H and O–H groups in total. The van der Waals surface area contributed by atoms with Gasteiger partial charge in [0.2, 0.25) is 0 Å². The van der Waals surface area contributed by atoms with E-state index < -0.39 is 47.5 Å². The molecule has 1 aromatic rings. The fraction of sp³-hybridized carbons (Fsp3) is 0.429. The largest absolute Gasteiger partial charge is 0.505 e. The van der Waals surface area contributed by atoms with Crippen molar-refractivity contribution in [2.24, 2.45) is 0 Å². The fourth-order valence-electron chi connectivity index (χ4n) is 1.64. The van der Waals surface area contributed by atoms with Crippen LogP contribution in [0.1, 0.15) is 26.3 Å². The Kier molecular flexibility index (Phi) is 5.29. The first-order valence-corrected chi connectivity index (χ1v) is 6.39. The van der Waals surface area contributed by atoms with Gasteiger partial charge in [-0.15, -0.1) is 0 Å². The summed E-state index contributed by atoms with van der Waals surface area (Å²) in [7, 11) is 0. The smallest absolute Gasteiger partial charge is 0.408 e. The maximum atomic E-state index is 13.2. The number of phenolic OH excluding ortho intramolecular Hbond substituents is 1. The number of rotatable bonds is 4. The molecule has 0 heterocycles. The number of carboxylic acid groups (broad SMARTS) is 1. The highest BCUT2D eigenvalue weighted by atomic mass is 19.1. The number of halogens is 2. The molecule has 0 bridgehead atoms. The summed E-state index contributed by atoms with van der Waals surface area (Å²) in [6.45, 7) is 4.78. The minimum Gasteiger partial charge on any atom is -0.505 e. The Morgan fingerprint density at radius 3 is 2.41 bits per heavy atom. The molecule has 22 heavy (non-hydrogen) atoms. The monoisotopic (exact) mass is 317 g/mol. The first kappa shape index (κ1) is 17.7. The molecule has 0 aliphatic rings. The number of aliphatic carboxylic acids is 1. The molecule has 1 aromatic carbocycles. The fourth-order valence-corrected chi connectivity index (χ4v) is 1.64. The lowest BCUT2D eigenvalue weighted by molar-refractivity contribution is -0.139. The molecular formula is C14H17F2NO5. The molecule has 0 aromatic heterocycles. The number of ether oxygens (including phenoxy) is 1. The van der Waals surface area contributed by atoms with E-state index in [1.165, 1.54) is 0 Å². The van der Waals surface area contributed by atoms with E-state index in [-0.39, 0.29) is 5.56 Å². The van der Waals surface area contributed by atoms with Crippen LogP contribution in [0.25, 0.3) is 0 Å². The molecule has 6 nitrogen and oxygen atoms in total. The van der Waals surface area contributed by atoms with Gasteiger partial charge < -0.3 is 20.3 Å². The summed E-state index contributed by atoms with van der Waals surface area (Å²) in [6, 6.07) is -0.247. The van der Waals surface area contributed by atoms with Crippen LogP contribution in [0.2, 0.25) is 0 Å². The van der Waals surface area contributed by atoms with Crippen molar-refractivity contribution >= 4 is 12.1 Å². The number of phenols is 1. The van der Waals surface area contributed by atoms with E-state index in [1.807, 2.05) is 0 Å². The molecule has 1 rings (SSSR count). The number of carboxylic acids is 1. The summed E-state index contributed by atoms with van der Waals surface area (Å²) in [5, 5.41) is 20.6. The standard InChI is InChI=1S/C14H17F2NO5/c1-14(2,3)22-13(21)17-10(12(19)20)5-7-4-8(15)6-9(16)11(7)18/h4,6,10,18H,5H2,1-3H3,(H,17,21)(H,19,20). The molecule has 0 spiro atoms. The zero-order valence-electron chi connectivity index (χ0n) is 12.3. The number of carbonyl (C=O) groups is 2. The quantitative estimate of drug-likeness (QED) is 0.791. The van der Waals surface area contributed by atoms with E-state index in [1.54, 1.807) is 20.8 Å². The summed E-state index contributed by atoms with van der Waals surface area (Å²) in [5.74, 6) is -4.48. The van der Waals surface area contributed by atoms with Gasteiger partial charge in [0.1, 0.15) is 17.5 Å². The number of carbonyl (C=O) groups excluding carboxylic acids is 1. The van der Waals surface area contributed by atoms with Crippen molar-refractivity contribution in [1.29, 1.82) is 0 Å². The molecule has 1 unspecified atom stereocenters. The van der Waals surface area contributed by atoms with Crippen LogP contribution in [0.5, 0.6) is 5.75 Å². The van der Waals surface area contributed by atoms with Crippen LogP contribution in [-0.4, -0.2) is 33.9 Å². The van der Waals surface area contributed by atoms with Gasteiger partial charge in [-0.2, -0.15) is 0 Å². The van der Waals surface area contributed by atoms with E-state index in [0.29, 0.717) is 6.07 Å². The molecule has 0 aliphatic heterocycles. The molecule has 0 aliphatic carbocycles. The minimum absolute atomic E-state index is 0.277. The van der Waals surface area contributed by atoms with Crippen molar-refractivity contribution in [3.63, 3.8) is 0 Å². The Morgan fingerprint density at radius 1 is 1.32 bits per heavy atom. The van der Waals surface area contributed by atoms with E-state index in [4.69, 9.17) is 9.84 Å². The van der Waals surface area contributed by atoms with E-state index >= 15 is 0 Å². The third-order valence-electron chi connectivity index (χ3n) is 2.52. The molecule has 0 fully saturated rings. The summed E-state index contributed by atoms with van der Waals surface area (Å²) in [5.41, 5.74) is -1.11. The van der Waals surface area contributed by atoms with Crippen LogP contribution in [0.3, 0.4) is 0 Å². The zero-order valence-corrected chi connectivity index (χ0v) is 12.3. The summed E-state index contributed by atoms with van der Waals surface area (Å²) in [6.07, 6.45) is -1.49. The van der Waals surface area contributed by atoms with E-state index in [2.05, 4.69) is 5.32 Å². The van der Waals surface area contributed by atoms with Gasteiger partial charge in [-0.1, -0.05) is 0 Å². The van der Waals surface area contributed by atoms with E-state index in [9.17, 15) is 23.5 Å². The number of benzene rings is 1. The molecular weight excluding hydrogens is 300 g/mol. The predicted molar refractivity (Wildman–Crippen MR) is 72.5 cm³/mol. The molecule has 122 valence electrons. The SMILES string of the molecule is CC(C)(C)OC(=O)NC(Cc1cc(F)cc(F)c1O)C(=O)O. The highest BCUT2D eigenvalue weighted by Crippen LogP contribution is 2.24. The molecule has 1 amide bonds. The average molecular weight is 317 g/mol. The van der Waals surface area contributed by atoms with Gasteiger partial charge in [-0.25, -0.2) is 18.4 Å². The van der Waals surface area contributed by atoms with Gasteiger partial charge in [-0.3, -0.25) is 0 Å². The van der Waals surface area contributed by atoms with Gasteiger partial charge in [0.15, 0.2) is 11.6 Å². The van der Waals surface area contributed by atoms with Crippen molar-refractivity contribution in [2.75, 3.05) is 0 Å². The minimum atomic E-state index is -1.51. The first-order chi connectivity index (χ1) is 9.99. The van der Waals surface area contributed by atoms with Gasteiger partial charge >= 0.3 is 12.1 Å². The van der Waals surface area contributed by atoms with Crippen molar-refractivity contribution in [2.45, 2.75) is 38.8 Å². The maximum Gasteiger partial charge on any atom is 0.408 e. The lowest BCUT2D eigenvalue weighted by Crippen LogP contribution is -2.44. The van der Waals surface area contributed by atoms with Crippen molar-refractivity contribution < 1.29 is 33.3 Å². The van der Waals surface area contributed by atoms with Crippen molar-refractivity contribution in [3.05, 3.63) is 29.3 Å². The van der Waals surface area contributed by atoms with Gasteiger partial charge in [0.25, 0.3) is 0 Å². The summed E-state index contributed by atoms with van der Waals surface area (Å²) in [4.78, 5) is 22.7. The third-order valence-corrected chi connectivity index (χ3v) is 2.52. The highest BCUT2D eigenvalue weighted by molar-refractivity contribution is 5.80. The summed E-state index contributed by atoms with van der Waals surface area (Å²) >= 11 is 0. The second-order valence-corrected chi connectivity index (χ2v) is 5.64. The number of nitrogens with one attached hydrogen (secondary N) is 1. The van der Waals surface area contributed by atoms with E-state index in [0.717, 1.165) is 6.07 Å². The predicted octanol–water partition coefficient (Wildman–Crippen LogP) is 2.19. The first-order valence-electron chi connectivity index (χ1n) is 6.39. The second-order valence-electron chi connectivity index (χ2n) is 5.64. The zero-order chi connectivity index (χ0) is 17.1. The van der Waals surface area contributed by atoms with Gasteiger partial charge in [0.05, 0.1) is 0 Å². The van der Waals surface area contributed by atoms with Crippen LogP contribution in [-0.2, 0) is 16.0 Å². The number of amides is 1. The molecule has 1 atom stereocenters. The topological polar surface area (TPSA) is 95.9 Å². The maximum absolute atomic E-state index is 13.2.